The van der Waals surface area contributed by atoms with E-state index in [4.69, 9.17) is 5.73 Å². The minimum absolute atomic E-state index is 0.123. The van der Waals surface area contributed by atoms with Gasteiger partial charge in [-0.1, -0.05) is 12.1 Å². The number of phenolic OH excluding ortho intramolecular Hbond substituents is 1. The summed E-state index contributed by atoms with van der Waals surface area (Å²) in [7, 11) is 0. The molecule has 1 heterocycles. The van der Waals surface area contributed by atoms with Gasteiger partial charge in [0.15, 0.2) is 11.6 Å². The van der Waals surface area contributed by atoms with Crippen molar-refractivity contribution in [2.24, 2.45) is 5.73 Å². The van der Waals surface area contributed by atoms with Gasteiger partial charge >= 0.3 is 0 Å². The molecule has 0 bridgehead atoms. The number of rotatable bonds is 4. The molecule has 0 fully saturated rings. The first-order valence-corrected chi connectivity index (χ1v) is 7.42. The molecule has 3 aromatic rings. The Morgan fingerprint density at radius 3 is 2.60 bits per heavy atom. The molecule has 0 spiro atoms. The van der Waals surface area contributed by atoms with Crippen LogP contribution in [0.3, 0.4) is 0 Å². The standard InChI is InChI=1S/C18H14FN3O3/c19-13-5-2-11(7-16(13)23)18(25)14-6-3-10-1-4-12(8-15(10)22-14)21-17(24)9-20/h1-8,23H,9,20H2,(H,21,24). The Labute approximate surface area is 142 Å². The average Bonchev–Trinajstić information content (AvgIpc) is 2.62. The number of nitrogens with zero attached hydrogens (tertiary/aromatic N) is 1. The molecule has 7 heteroatoms. The Bertz CT molecular complexity index is 988. The van der Waals surface area contributed by atoms with Crippen molar-refractivity contribution in [1.29, 1.82) is 0 Å². The molecule has 2 aromatic carbocycles. The van der Waals surface area contributed by atoms with Crippen LogP contribution in [-0.2, 0) is 4.79 Å². The monoisotopic (exact) mass is 339 g/mol. The quantitative estimate of drug-likeness (QED) is 0.632. The Balaban J connectivity index is 1.97. The van der Waals surface area contributed by atoms with E-state index in [1.54, 1.807) is 30.3 Å². The SMILES string of the molecule is NCC(=O)Nc1ccc2ccc(C(=O)c3ccc(F)c(O)c3)nc2c1. The number of halogens is 1. The van der Waals surface area contributed by atoms with Gasteiger partial charge in [0.1, 0.15) is 5.69 Å². The number of aromatic hydroxyl groups is 1. The van der Waals surface area contributed by atoms with Crippen molar-refractivity contribution in [3.05, 3.63) is 65.6 Å². The number of aromatic nitrogens is 1. The first-order valence-electron chi connectivity index (χ1n) is 7.42. The van der Waals surface area contributed by atoms with Crippen LogP contribution in [0, 0.1) is 5.82 Å². The molecule has 25 heavy (non-hydrogen) atoms. The third-order valence-electron chi connectivity index (χ3n) is 3.60. The zero-order chi connectivity index (χ0) is 18.0. The van der Waals surface area contributed by atoms with Crippen LogP contribution in [-0.4, -0.2) is 28.3 Å². The number of anilines is 1. The van der Waals surface area contributed by atoms with Crippen molar-refractivity contribution < 1.29 is 19.1 Å². The number of hydrogen-bond acceptors (Lipinski definition) is 5. The Kier molecular flexibility index (Phi) is 4.40. The lowest BCUT2D eigenvalue weighted by Crippen LogP contribution is -2.21. The number of nitrogens with one attached hydrogen (secondary N) is 1. The summed E-state index contributed by atoms with van der Waals surface area (Å²) in [6, 6.07) is 11.7. The minimum Gasteiger partial charge on any atom is -0.505 e. The Morgan fingerprint density at radius 2 is 1.88 bits per heavy atom. The third-order valence-corrected chi connectivity index (χ3v) is 3.60. The van der Waals surface area contributed by atoms with E-state index in [1.165, 1.54) is 6.07 Å². The van der Waals surface area contributed by atoms with E-state index in [2.05, 4.69) is 10.3 Å². The summed E-state index contributed by atoms with van der Waals surface area (Å²) in [5.74, 6) is -2.19. The lowest BCUT2D eigenvalue weighted by molar-refractivity contribution is -0.114. The fraction of sp³-hybridized carbons (Fsp3) is 0.0556. The molecule has 4 N–H and O–H groups in total. The van der Waals surface area contributed by atoms with E-state index < -0.39 is 17.3 Å². The van der Waals surface area contributed by atoms with E-state index in [0.717, 1.165) is 17.5 Å². The molecule has 1 aromatic heterocycles. The van der Waals surface area contributed by atoms with Crippen molar-refractivity contribution in [2.75, 3.05) is 11.9 Å². The molecule has 0 atom stereocenters. The zero-order valence-corrected chi connectivity index (χ0v) is 13.0. The Hall–Kier alpha value is -3.32. The first kappa shape index (κ1) is 16.5. The number of hydrogen-bond donors (Lipinski definition) is 3. The number of amides is 1. The summed E-state index contributed by atoms with van der Waals surface area (Å²) >= 11 is 0. The minimum atomic E-state index is -0.802. The topological polar surface area (TPSA) is 105 Å². The maximum Gasteiger partial charge on any atom is 0.238 e. The lowest BCUT2D eigenvalue weighted by atomic mass is 10.1. The lowest BCUT2D eigenvalue weighted by Gasteiger charge is -2.07. The molecule has 0 unspecified atom stereocenters. The molecular formula is C18H14FN3O3. The highest BCUT2D eigenvalue weighted by atomic mass is 19.1. The molecule has 0 aliphatic rings. The molecular weight excluding hydrogens is 325 g/mol. The summed E-state index contributed by atoms with van der Waals surface area (Å²) in [4.78, 5) is 28.1. The van der Waals surface area contributed by atoms with Gasteiger partial charge < -0.3 is 16.2 Å². The van der Waals surface area contributed by atoms with Gasteiger partial charge in [-0.3, -0.25) is 9.59 Å². The van der Waals surface area contributed by atoms with Gasteiger partial charge in [-0.05, 0) is 36.4 Å². The highest BCUT2D eigenvalue weighted by Crippen LogP contribution is 2.21. The van der Waals surface area contributed by atoms with Crippen LogP contribution in [0.15, 0.2) is 48.5 Å². The van der Waals surface area contributed by atoms with Crippen molar-refractivity contribution in [1.82, 2.24) is 4.98 Å². The molecule has 0 aliphatic carbocycles. The number of carbonyl (C=O) groups excluding carboxylic acids is 2. The van der Waals surface area contributed by atoms with Gasteiger partial charge in [-0.2, -0.15) is 0 Å². The Morgan fingerprint density at radius 1 is 1.12 bits per heavy atom. The highest BCUT2D eigenvalue weighted by molar-refractivity contribution is 6.09. The summed E-state index contributed by atoms with van der Waals surface area (Å²) in [5, 5.41) is 12.8. The summed E-state index contributed by atoms with van der Waals surface area (Å²) in [5.41, 5.74) is 6.55. The molecule has 1 amide bonds. The molecule has 0 saturated heterocycles. The third kappa shape index (κ3) is 3.46. The van der Waals surface area contributed by atoms with Crippen LogP contribution in [0.25, 0.3) is 10.9 Å². The van der Waals surface area contributed by atoms with Gasteiger partial charge in [0.05, 0.1) is 12.1 Å². The van der Waals surface area contributed by atoms with E-state index in [0.29, 0.717) is 11.2 Å². The van der Waals surface area contributed by atoms with Gasteiger partial charge in [0, 0.05) is 16.6 Å². The van der Waals surface area contributed by atoms with Crippen LogP contribution in [0.4, 0.5) is 10.1 Å². The van der Waals surface area contributed by atoms with Crippen LogP contribution >= 0.6 is 0 Å². The number of nitrogens with two attached hydrogens (primary N) is 1. The second-order valence-corrected chi connectivity index (χ2v) is 5.35. The van der Waals surface area contributed by atoms with Crippen molar-refractivity contribution >= 4 is 28.3 Å². The van der Waals surface area contributed by atoms with E-state index in [9.17, 15) is 19.1 Å². The smallest absolute Gasteiger partial charge is 0.238 e. The maximum absolute atomic E-state index is 13.1. The fourth-order valence-electron chi connectivity index (χ4n) is 2.34. The van der Waals surface area contributed by atoms with Crippen molar-refractivity contribution in [3.63, 3.8) is 0 Å². The van der Waals surface area contributed by atoms with Gasteiger partial charge in [0.25, 0.3) is 0 Å². The second-order valence-electron chi connectivity index (χ2n) is 5.35. The normalized spacial score (nSPS) is 10.6. The number of pyridine rings is 1. The highest BCUT2D eigenvalue weighted by Gasteiger charge is 2.14. The molecule has 126 valence electrons. The maximum atomic E-state index is 13.1. The molecule has 0 radical (unpaired) electrons. The average molecular weight is 339 g/mol. The summed E-state index contributed by atoms with van der Waals surface area (Å²) < 4.78 is 13.1. The summed E-state index contributed by atoms with van der Waals surface area (Å²) in [6.45, 7) is -0.141. The molecule has 3 rings (SSSR count). The van der Waals surface area contributed by atoms with Crippen molar-refractivity contribution in [2.45, 2.75) is 0 Å². The molecule has 0 aliphatic heterocycles. The van der Waals surface area contributed by atoms with Crippen LogP contribution in [0.5, 0.6) is 5.75 Å². The van der Waals surface area contributed by atoms with E-state index in [-0.39, 0.29) is 23.7 Å². The van der Waals surface area contributed by atoms with Crippen LogP contribution < -0.4 is 11.1 Å². The summed E-state index contributed by atoms with van der Waals surface area (Å²) in [6.07, 6.45) is 0. The number of fused-ring (bicyclic) bond motifs is 1. The first-order chi connectivity index (χ1) is 12.0. The van der Waals surface area contributed by atoms with E-state index in [1.807, 2.05) is 0 Å². The number of benzene rings is 2. The zero-order valence-electron chi connectivity index (χ0n) is 13.0. The predicted molar refractivity (Wildman–Crippen MR) is 90.9 cm³/mol. The van der Waals surface area contributed by atoms with Gasteiger partial charge in [-0.25, -0.2) is 9.37 Å². The molecule has 0 saturated carbocycles. The van der Waals surface area contributed by atoms with Crippen LogP contribution in [0.1, 0.15) is 16.1 Å². The second kappa shape index (κ2) is 6.66. The van der Waals surface area contributed by atoms with Gasteiger partial charge in [0.2, 0.25) is 11.7 Å². The number of ketones is 1. The van der Waals surface area contributed by atoms with Gasteiger partial charge in [-0.15, -0.1) is 0 Å². The van der Waals surface area contributed by atoms with E-state index >= 15 is 0 Å². The molecule has 6 nitrogen and oxygen atoms in total. The van der Waals surface area contributed by atoms with Crippen molar-refractivity contribution in [3.8, 4) is 5.75 Å². The predicted octanol–water partition coefficient (Wildman–Crippen LogP) is 2.21. The fourth-order valence-corrected chi connectivity index (χ4v) is 2.34. The number of carbonyl (C=O) groups is 2. The largest absolute Gasteiger partial charge is 0.505 e. The number of phenols is 1. The van der Waals surface area contributed by atoms with Crippen LogP contribution in [0.2, 0.25) is 0 Å².